The van der Waals surface area contributed by atoms with Crippen molar-refractivity contribution in [2.45, 2.75) is 6.92 Å². The van der Waals surface area contributed by atoms with Crippen molar-refractivity contribution in [2.24, 2.45) is 0 Å². The van der Waals surface area contributed by atoms with E-state index in [0.717, 1.165) is 0 Å². The van der Waals surface area contributed by atoms with Crippen molar-refractivity contribution >= 4 is 11.4 Å². The van der Waals surface area contributed by atoms with Crippen LogP contribution >= 0.6 is 0 Å². The summed E-state index contributed by atoms with van der Waals surface area (Å²) in [5.41, 5.74) is 0.315. The van der Waals surface area contributed by atoms with Crippen LogP contribution in [-0.4, -0.2) is 32.8 Å². The van der Waals surface area contributed by atoms with Gasteiger partial charge < -0.3 is 19.5 Å². The summed E-state index contributed by atoms with van der Waals surface area (Å²) in [6, 6.07) is 1.36. The molecule has 0 atom stereocenters. The van der Waals surface area contributed by atoms with Crippen LogP contribution in [0.15, 0.2) is 6.07 Å². The van der Waals surface area contributed by atoms with E-state index < -0.39 is 4.92 Å². The Bertz CT molecular complexity index is 448. The molecule has 0 heterocycles. The van der Waals surface area contributed by atoms with Crippen molar-refractivity contribution in [2.75, 3.05) is 33.2 Å². The van der Waals surface area contributed by atoms with Crippen molar-refractivity contribution in [3.05, 3.63) is 16.2 Å². The average molecular weight is 256 g/mol. The van der Waals surface area contributed by atoms with Gasteiger partial charge in [0.1, 0.15) is 0 Å². The van der Waals surface area contributed by atoms with Gasteiger partial charge in [0.25, 0.3) is 0 Å². The fourth-order valence-corrected chi connectivity index (χ4v) is 1.65. The number of benzene rings is 1. The number of hydrogen-bond donors (Lipinski definition) is 1. The van der Waals surface area contributed by atoms with E-state index in [1.807, 2.05) is 6.92 Å². The number of nitrogens with one attached hydrogen (secondary N) is 1. The topological polar surface area (TPSA) is 82.9 Å². The number of nitro groups is 1. The summed E-state index contributed by atoms with van der Waals surface area (Å²) in [5, 5.41) is 14.0. The smallest absolute Gasteiger partial charge is 0.317 e. The number of ether oxygens (including phenoxy) is 3. The monoisotopic (exact) mass is 256 g/mol. The summed E-state index contributed by atoms with van der Waals surface area (Å²) in [5.74, 6) is 0.618. The van der Waals surface area contributed by atoms with Gasteiger partial charge in [-0.1, -0.05) is 0 Å². The number of hydrogen-bond acceptors (Lipinski definition) is 6. The van der Waals surface area contributed by atoms with Crippen molar-refractivity contribution in [1.29, 1.82) is 0 Å². The van der Waals surface area contributed by atoms with E-state index in [9.17, 15) is 10.1 Å². The van der Waals surface area contributed by atoms with Gasteiger partial charge in [-0.15, -0.1) is 0 Å². The first-order chi connectivity index (χ1) is 8.60. The molecule has 0 saturated carbocycles. The molecule has 0 fully saturated rings. The molecule has 1 aromatic carbocycles. The first-order valence-corrected chi connectivity index (χ1v) is 5.31. The lowest BCUT2D eigenvalue weighted by molar-refractivity contribution is -0.385. The third-order valence-corrected chi connectivity index (χ3v) is 2.35. The Morgan fingerprint density at radius 2 is 1.72 bits per heavy atom. The van der Waals surface area contributed by atoms with E-state index >= 15 is 0 Å². The van der Waals surface area contributed by atoms with Crippen LogP contribution in [0.3, 0.4) is 0 Å². The Morgan fingerprint density at radius 1 is 1.17 bits per heavy atom. The van der Waals surface area contributed by atoms with Gasteiger partial charge in [-0.25, -0.2) is 0 Å². The number of nitrogens with zero attached hydrogens (tertiary/aromatic N) is 1. The zero-order valence-corrected chi connectivity index (χ0v) is 10.8. The van der Waals surface area contributed by atoms with Gasteiger partial charge in [-0.2, -0.15) is 0 Å². The van der Waals surface area contributed by atoms with Crippen LogP contribution in [0.2, 0.25) is 0 Å². The summed E-state index contributed by atoms with van der Waals surface area (Å²) in [6.07, 6.45) is 0. The summed E-state index contributed by atoms with van der Waals surface area (Å²) in [7, 11) is 4.21. The van der Waals surface area contributed by atoms with Gasteiger partial charge in [-0.05, 0) is 6.92 Å². The second-order valence-electron chi connectivity index (χ2n) is 3.33. The summed E-state index contributed by atoms with van der Waals surface area (Å²) >= 11 is 0. The fourth-order valence-electron chi connectivity index (χ4n) is 1.65. The van der Waals surface area contributed by atoms with Crippen LogP contribution in [0, 0.1) is 10.1 Å². The molecule has 7 heteroatoms. The van der Waals surface area contributed by atoms with E-state index in [2.05, 4.69) is 5.32 Å². The second-order valence-corrected chi connectivity index (χ2v) is 3.33. The minimum atomic E-state index is -0.526. The molecule has 0 radical (unpaired) electrons. The molecule has 18 heavy (non-hydrogen) atoms. The Labute approximate surface area is 105 Å². The maximum absolute atomic E-state index is 11.0. The maximum Gasteiger partial charge on any atom is 0.317 e. The standard InChI is InChI=1S/C11H16N2O5/c1-5-12-7-6-8(13(14)15)10(17-3)11(18-4)9(7)16-2/h6,12H,5H2,1-4H3. The largest absolute Gasteiger partial charge is 0.491 e. The molecular weight excluding hydrogens is 240 g/mol. The number of rotatable bonds is 6. The highest BCUT2D eigenvalue weighted by atomic mass is 16.6. The highest BCUT2D eigenvalue weighted by Gasteiger charge is 2.27. The third kappa shape index (κ3) is 2.39. The molecule has 0 amide bonds. The second kappa shape index (κ2) is 5.95. The van der Waals surface area contributed by atoms with E-state index in [-0.39, 0.29) is 17.2 Å². The van der Waals surface area contributed by atoms with Crippen LogP contribution in [0.5, 0.6) is 17.2 Å². The average Bonchev–Trinajstić information content (AvgIpc) is 2.37. The Morgan fingerprint density at radius 3 is 2.11 bits per heavy atom. The van der Waals surface area contributed by atoms with Crippen molar-refractivity contribution < 1.29 is 19.1 Å². The summed E-state index contributed by atoms with van der Waals surface area (Å²) < 4.78 is 15.4. The van der Waals surface area contributed by atoms with Crippen molar-refractivity contribution in [1.82, 2.24) is 0 Å². The van der Waals surface area contributed by atoms with Gasteiger partial charge >= 0.3 is 5.69 Å². The molecular formula is C11H16N2O5. The highest BCUT2D eigenvalue weighted by molar-refractivity contribution is 5.75. The first kappa shape index (κ1) is 13.9. The van der Waals surface area contributed by atoms with Gasteiger partial charge in [0.05, 0.1) is 31.9 Å². The van der Waals surface area contributed by atoms with E-state index in [1.165, 1.54) is 27.4 Å². The fraction of sp³-hybridized carbons (Fsp3) is 0.455. The summed E-state index contributed by atoms with van der Waals surface area (Å²) in [6.45, 7) is 2.48. The van der Waals surface area contributed by atoms with E-state index in [1.54, 1.807) is 0 Å². The van der Waals surface area contributed by atoms with Crippen LogP contribution < -0.4 is 19.5 Å². The molecule has 0 aliphatic rings. The molecule has 0 saturated heterocycles. The molecule has 0 aromatic heterocycles. The van der Waals surface area contributed by atoms with Gasteiger partial charge in [-0.3, -0.25) is 10.1 Å². The quantitative estimate of drug-likeness (QED) is 0.619. The highest BCUT2D eigenvalue weighted by Crippen LogP contribution is 2.48. The molecule has 1 rings (SSSR count). The van der Waals surface area contributed by atoms with Crippen molar-refractivity contribution in [3.8, 4) is 17.2 Å². The SMILES string of the molecule is CCNc1cc([N+](=O)[O-])c(OC)c(OC)c1OC. The normalized spacial score (nSPS) is 9.78. The van der Waals surface area contributed by atoms with E-state index in [0.29, 0.717) is 18.0 Å². The number of nitro benzene ring substituents is 1. The maximum atomic E-state index is 11.0. The van der Waals surface area contributed by atoms with Crippen LogP contribution in [-0.2, 0) is 0 Å². The van der Waals surface area contributed by atoms with Crippen molar-refractivity contribution in [3.63, 3.8) is 0 Å². The van der Waals surface area contributed by atoms with Crippen LogP contribution in [0.1, 0.15) is 6.92 Å². The Hall–Kier alpha value is -2.18. The lowest BCUT2D eigenvalue weighted by atomic mass is 10.2. The van der Waals surface area contributed by atoms with Gasteiger partial charge in [0, 0.05) is 12.6 Å². The van der Waals surface area contributed by atoms with Gasteiger partial charge in [0.2, 0.25) is 11.5 Å². The zero-order chi connectivity index (χ0) is 13.7. The third-order valence-electron chi connectivity index (χ3n) is 2.35. The Kier molecular flexibility index (Phi) is 4.59. The van der Waals surface area contributed by atoms with Crippen LogP contribution in [0.25, 0.3) is 0 Å². The minimum absolute atomic E-state index is 0.0426. The molecule has 0 bridgehead atoms. The predicted octanol–water partition coefficient (Wildman–Crippen LogP) is 2.05. The van der Waals surface area contributed by atoms with Gasteiger partial charge in [0.15, 0.2) is 5.75 Å². The Balaban J connectivity index is 3.55. The lowest BCUT2D eigenvalue weighted by Crippen LogP contribution is -2.05. The predicted molar refractivity (Wildman–Crippen MR) is 66.9 cm³/mol. The molecule has 0 spiro atoms. The molecule has 0 aliphatic carbocycles. The zero-order valence-electron chi connectivity index (χ0n) is 10.8. The lowest BCUT2D eigenvalue weighted by Gasteiger charge is -2.16. The summed E-state index contributed by atoms with van der Waals surface area (Å²) in [4.78, 5) is 10.5. The molecule has 100 valence electrons. The van der Waals surface area contributed by atoms with E-state index in [4.69, 9.17) is 14.2 Å². The number of anilines is 1. The molecule has 7 nitrogen and oxygen atoms in total. The minimum Gasteiger partial charge on any atom is -0.491 e. The molecule has 1 aromatic rings. The number of methoxy groups -OCH3 is 3. The molecule has 1 N–H and O–H groups in total. The molecule has 0 unspecified atom stereocenters. The molecule has 0 aliphatic heterocycles. The van der Waals surface area contributed by atoms with Crippen LogP contribution in [0.4, 0.5) is 11.4 Å². The first-order valence-electron chi connectivity index (χ1n) is 5.31.